The highest BCUT2D eigenvalue weighted by atomic mass is 16.5. The summed E-state index contributed by atoms with van der Waals surface area (Å²) < 4.78 is 15.5. The summed E-state index contributed by atoms with van der Waals surface area (Å²) in [7, 11) is 4.04. The molecule has 0 bridgehead atoms. The van der Waals surface area contributed by atoms with E-state index in [4.69, 9.17) is 25.7 Å². The normalized spacial score (nSPS) is 10.2. The fraction of sp³-hybridized carbons (Fsp3) is 0.184. The molecule has 1 heterocycles. The van der Waals surface area contributed by atoms with Crippen LogP contribution >= 0.6 is 0 Å². The van der Waals surface area contributed by atoms with Crippen LogP contribution in [0.4, 0.5) is 22.9 Å². The summed E-state index contributed by atoms with van der Waals surface area (Å²) in [5.74, 6) is -4.84. The van der Waals surface area contributed by atoms with Crippen LogP contribution in [0.3, 0.4) is 0 Å². The number of hydrogen-bond acceptors (Lipinski definition) is 13. The van der Waals surface area contributed by atoms with Gasteiger partial charge in [0, 0.05) is 17.1 Å². The van der Waals surface area contributed by atoms with Crippen molar-refractivity contribution in [2.75, 3.05) is 68.8 Å². The van der Waals surface area contributed by atoms with E-state index in [9.17, 15) is 38.4 Å². The summed E-state index contributed by atoms with van der Waals surface area (Å²) >= 11 is 0. The third-order valence-corrected chi connectivity index (χ3v) is 7.87. The zero-order valence-corrected chi connectivity index (χ0v) is 31.8. The van der Waals surface area contributed by atoms with Crippen LogP contribution in [0, 0.1) is 0 Å². The highest BCUT2D eigenvalue weighted by Crippen LogP contribution is 2.25. The molecule has 21 nitrogen and oxygen atoms in total. The van der Waals surface area contributed by atoms with Crippen molar-refractivity contribution < 1.29 is 52.6 Å². The molecule has 3 aromatic carbocycles. The molecular weight excluding hydrogens is 772 g/mol. The third-order valence-electron chi connectivity index (χ3n) is 7.87. The second-order valence-corrected chi connectivity index (χ2v) is 12.0. The van der Waals surface area contributed by atoms with Crippen LogP contribution in [0.2, 0.25) is 0 Å². The topological polar surface area (TPSA) is 313 Å². The van der Waals surface area contributed by atoms with Gasteiger partial charge in [0.15, 0.2) is 0 Å². The summed E-state index contributed by atoms with van der Waals surface area (Å²) in [6.07, 6.45) is 0. The highest BCUT2D eigenvalue weighted by Gasteiger charge is 2.19. The van der Waals surface area contributed by atoms with Gasteiger partial charge in [-0.1, -0.05) is 6.07 Å². The van der Waals surface area contributed by atoms with Gasteiger partial charge in [0.2, 0.25) is 23.6 Å². The van der Waals surface area contributed by atoms with E-state index in [1.165, 1.54) is 94.1 Å². The molecule has 21 heteroatoms. The van der Waals surface area contributed by atoms with E-state index < -0.39 is 66.9 Å². The van der Waals surface area contributed by atoms with Crippen LogP contribution in [0.15, 0.2) is 72.8 Å². The molecule has 0 saturated heterocycles. The van der Waals surface area contributed by atoms with Gasteiger partial charge in [-0.3, -0.25) is 38.4 Å². The largest absolute Gasteiger partial charge is 0.496 e. The lowest BCUT2D eigenvalue weighted by atomic mass is 10.1. The lowest BCUT2D eigenvalue weighted by Crippen LogP contribution is -2.34. The molecule has 11 N–H and O–H groups in total. The number of pyridine rings is 1. The minimum absolute atomic E-state index is 0.0209. The van der Waals surface area contributed by atoms with Crippen molar-refractivity contribution in [3.05, 3.63) is 95.2 Å². The van der Waals surface area contributed by atoms with Gasteiger partial charge in [-0.25, -0.2) is 4.98 Å². The lowest BCUT2D eigenvalue weighted by molar-refractivity contribution is -0.116. The van der Waals surface area contributed by atoms with Crippen LogP contribution in [0.5, 0.6) is 17.2 Å². The van der Waals surface area contributed by atoms with Crippen molar-refractivity contribution in [1.29, 1.82) is 0 Å². The van der Waals surface area contributed by atoms with E-state index in [0.717, 1.165) is 0 Å². The molecule has 0 aliphatic carbocycles. The van der Waals surface area contributed by atoms with E-state index in [2.05, 4.69) is 42.2 Å². The second kappa shape index (κ2) is 20.7. The SMILES string of the molecule is COc1ccc(NC(=O)CNC(=O)c2cc(NC(=O)CNC(=O)c3cccc(NC(=O)CNC(=O)c4cc(NC(=O)CN)ccc4OC)n3)ccc2OC)cc1C(N)=O. The van der Waals surface area contributed by atoms with Crippen LogP contribution in [0.25, 0.3) is 0 Å². The molecule has 308 valence electrons. The molecule has 0 unspecified atom stereocenters. The number of nitrogens with zero attached hydrogens (tertiary/aromatic N) is 1. The average molecular weight is 813 g/mol. The van der Waals surface area contributed by atoms with Crippen molar-refractivity contribution in [3.63, 3.8) is 0 Å². The van der Waals surface area contributed by atoms with Crippen LogP contribution in [-0.4, -0.2) is 99.7 Å². The van der Waals surface area contributed by atoms with E-state index in [1.807, 2.05) is 0 Å². The number of ether oxygens (including phenoxy) is 3. The fourth-order valence-electron chi connectivity index (χ4n) is 5.11. The average Bonchev–Trinajstić information content (AvgIpc) is 3.23. The Bertz CT molecular complexity index is 2280. The first kappa shape index (κ1) is 43.7. The van der Waals surface area contributed by atoms with Gasteiger partial charge >= 0.3 is 0 Å². The Hall–Kier alpha value is -8.07. The van der Waals surface area contributed by atoms with Gasteiger partial charge in [0.1, 0.15) is 28.8 Å². The monoisotopic (exact) mass is 812 g/mol. The van der Waals surface area contributed by atoms with E-state index in [-0.39, 0.29) is 63.4 Å². The van der Waals surface area contributed by atoms with E-state index in [1.54, 1.807) is 0 Å². The number of aromatic nitrogens is 1. The van der Waals surface area contributed by atoms with E-state index in [0.29, 0.717) is 5.69 Å². The Kier molecular flexibility index (Phi) is 15.3. The Morgan fingerprint density at radius 2 is 0.932 bits per heavy atom. The van der Waals surface area contributed by atoms with Crippen molar-refractivity contribution >= 4 is 70.1 Å². The number of benzene rings is 3. The number of anilines is 4. The first-order valence-corrected chi connectivity index (χ1v) is 17.3. The Morgan fingerprint density at radius 1 is 0.525 bits per heavy atom. The Balaban J connectivity index is 1.27. The maximum atomic E-state index is 13.0. The molecule has 1 aromatic heterocycles. The number of hydrogen-bond donors (Lipinski definition) is 9. The summed E-state index contributed by atoms with van der Waals surface area (Å²) in [5, 5.41) is 17.4. The number of rotatable bonds is 18. The minimum Gasteiger partial charge on any atom is -0.496 e. The Morgan fingerprint density at radius 3 is 1.37 bits per heavy atom. The maximum absolute atomic E-state index is 13.0. The van der Waals surface area contributed by atoms with Gasteiger partial charge in [-0.15, -0.1) is 0 Å². The standard InChI is InChI=1S/C38H40N10O11/c1-57-27-10-7-20(13-23(27)35(40)53)45-32(50)17-41-36(54)25-15-22(9-12-29(25)59-3)46-33(51)18-43-38(56)26-5-4-6-30(47-26)48-34(52)19-42-37(55)24-14-21(44-31(49)16-39)8-11-28(24)58-2/h4-15H,16-19,39H2,1-3H3,(H2,40,53)(H,41,54)(H,42,55)(H,43,56)(H,44,49)(H,45,50)(H,46,51)(H,47,48,52). The molecule has 4 aromatic rings. The highest BCUT2D eigenvalue weighted by molar-refractivity contribution is 6.05. The molecule has 0 atom stereocenters. The summed E-state index contributed by atoms with van der Waals surface area (Å²) in [5.41, 5.74) is 11.3. The number of carbonyl (C=O) groups is 8. The minimum atomic E-state index is -0.763. The molecule has 59 heavy (non-hydrogen) atoms. The second-order valence-electron chi connectivity index (χ2n) is 12.0. The number of amides is 8. The number of carbonyl (C=O) groups excluding carboxylic acids is 8. The molecule has 0 radical (unpaired) electrons. The van der Waals surface area contributed by atoms with Crippen molar-refractivity contribution in [2.24, 2.45) is 11.5 Å². The first-order chi connectivity index (χ1) is 28.2. The molecule has 4 rings (SSSR count). The molecular formula is C38H40N10O11. The molecule has 0 saturated carbocycles. The van der Waals surface area contributed by atoms with Gasteiger partial charge in [-0.05, 0) is 66.7 Å². The van der Waals surface area contributed by atoms with Gasteiger partial charge in [0.05, 0.1) is 64.2 Å². The maximum Gasteiger partial charge on any atom is 0.270 e. The predicted molar refractivity (Wildman–Crippen MR) is 212 cm³/mol. The third kappa shape index (κ3) is 12.5. The summed E-state index contributed by atoms with van der Waals surface area (Å²) in [6, 6.07) is 17.0. The molecule has 0 spiro atoms. The number of nitrogens with two attached hydrogens (primary N) is 2. The fourth-order valence-corrected chi connectivity index (χ4v) is 5.11. The number of primary amides is 1. The lowest BCUT2D eigenvalue weighted by Gasteiger charge is -2.13. The van der Waals surface area contributed by atoms with Crippen molar-refractivity contribution in [1.82, 2.24) is 20.9 Å². The summed E-state index contributed by atoms with van der Waals surface area (Å²) in [4.78, 5) is 104. The Labute approximate surface area is 335 Å². The molecule has 0 aliphatic heterocycles. The number of nitrogens with one attached hydrogen (secondary N) is 7. The molecule has 0 aliphatic rings. The van der Waals surface area contributed by atoms with Crippen LogP contribution < -0.4 is 62.9 Å². The smallest absolute Gasteiger partial charge is 0.270 e. The van der Waals surface area contributed by atoms with Crippen LogP contribution in [-0.2, 0) is 19.2 Å². The zero-order chi connectivity index (χ0) is 43.1. The van der Waals surface area contributed by atoms with Gasteiger partial charge < -0.3 is 62.9 Å². The molecule has 0 fully saturated rings. The zero-order valence-electron chi connectivity index (χ0n) is 31.8. The quantitative estimate of drug-likeness (QED) is 0.0650. The first-order valence-electron chi connectivity index (χ1n) is 17.3. The van der Waals surface area contributed by atoms with Crippen molar-refractivity contribution in [2.45, 2.75) is 0 Å². The van der Waals surface area contributed by atoms with Gasteiger partial charge in [-0.2, -0.15) is 0 Å². The van der Waals surface area contributed by atoms with Gasteiger partial charge in [0.25, 0.3) is 23.6 Å². The number of methoxy groups -OCH3 is 3. The van der Waals surface area contributed by atoms with Crippen molar-refractivity contribution in [3.8, 4) is 17.2 Å². The van der Waals surface area contributed by atoms with Crippen LogP contribution in [0.1, 0.15) is 41.6 Å². The summed E-state index contributed by atoms with van der Waals surface area (Å²) in [6.45, 7) is -1.74. The molecule has 8 amide bonds. The predicted octanol–water partition coefficient (Wildman–Crippen LogP) is 0.209. The van der Waals surface area contributed by atoms with E-state index >= 15 is 0 Å².